The second-order valence-corrected chi connectivity index (χ2v) is 15.9. The molecule has 3 saturated heterocycles. The van der Waals surface area contributed by atoms with Gasteiger partial charge in [0.25, 0.3) is 5.91 Å². The average Bonchev–Trinajstić information content (AvgIpc) is 4.05. The van der Waals surface area contributed by atoms with E-state index < -0.39 is 18.0 Å². The molecule has 4 aliphatic heterocycles. The van der Waals surface area contributed by atoms with E-state index in [9.17, 15) is 24.0 Å². The van der Waals surface area contributed by atoms with Crippen LogP contribution in [0, 0.1) is 0 Å². The average molecular weight is 888 g/mol. The number of carbonyl (C=O) groups is 5. The molecular formula is C42H50ClN11O9. The molecule has 20 nitrogen and oxygen atoms in total. The first-order chi connectivity index (χ1) is 30.7. The van der Waals surface area contributed by atoms with Crippen molar-refractivity contribution in [2.24, 2.45) is 0 Å². The van der Waals surface area contributed by atoms with E-state index >= 15 is 0 Å². The van der Waals surface area contributed by atoms with Crippen molar-refractivity contribution >= 4 is 64.0 Å². The number of aromatic nitrogens is 4. The minimum absolute atomic E-state index is 0.0900. The molecule has 8 rings (SSSR count). The molecule has 4 aliphatic rings. The van der Waals surface area contributed by atoms with E-state index in [1.54, 1.807) is 27.9 Å². The van der Waals surface area contributed by atoms with Crippen LogP contribution in [0.5, 0.6) is 5.88 Å². The number of amides is 6. The molecule has 4 aromatic rings. The van der Waals surface area contributed by atoms with Gasteiger partial charge in [-0.3, -0.25) is 29.4 Å². The van der Waals surface area contributed by atoms with Gasteiger partial charge in [0.15, 0.2) is 5.65 Å². The van der Waals surface area contributed by atoms with Crippen LogP contribution in [0.4, 0.5) is 21.9 Å². The molecule has 21 heteroatoms. The summed E-state index contributed by atoms with van der Waals surface area (Å²) in [7, 11) is 0. The van der Waals surface area contributed by atoms with Crippen LogP contribution < -0.4 is 30.9 Å². The first-order valence-electron chi connectivity index (χ1n) is 21.2. The van der Waals surface area contributed by atoms with Crippen molar-refractivity contribution in [2.45, 2.75) is 50.8 Å². The summed E-state index contributed by atoms with van der Waals surface area (Å²) in [5, 5.41) is 15.4. The van der Waals surface area contributed by atoms with Gasteiger partial charge in [-0.05, 0) is 49.1 Å². The predicted molar refractivity (Wildman–Crippen MR) is 229 cm³/mol. The fourth-order valence-corrected chi connectivity index (χ4v) is 8.25. The zero-order valence-corrected chi connectivity index (χ0v) is 35.4. The first-order valence-corrected chi connectivity index (χ1v) is 21.6. The van der Waals surface area contributed by atoms with Crippen molar-refractivity contribution in [1.82, 2.24) is 40.0 Å². The Morgan fingerprint density at radius 3 is 2.56 bits per heavy atom. The SMILES string of the molecule is O=C(CCOCCOCCN1CCN(c2ccc3c(c2)CN(C2CCC(=O)NC2=O)C3=O)CC1)NCCOc1ncc(Cl)cc1NC(=O)Nc1cnc2ccnn2c1C1CCCO1. The van der Waals surface area contributed by atoms with Gasteiger partial charge in [-0.1, -0.05) is 11.6 Å². The lowest BCUT2D eigenvalue weighted by Gasteiger charge is -2.36. The highest BCUT2D eigenvalue weighted by molar-refractivity contribution is 6.30. The van der Waals surface area contributed by atoms with E-state index in [1.807, 2.05) is 18.2 Å². The maximum absolute atomic E-state index is 13.2. The van der Waals surface area contributed by atoms with Crippen LogP contribution in [0.2, 0.25) is 5.02 Å². The third-order valence-electron chi connectivity index (χ3n) is 11.3. The molecular weight excluding hydrogens is 838 g/mol. The zero-order valence-electron chi connectivity index (χ0n) is 34.7. The van der Waals surface area contributed by atoms with E-state index in [-0.39, 0.29) is 68.0 Å². The van der Waals surface area contributed by atoms with Crippen LogP contribution in [0.15, 0.2) is 48.9 Å². The summed E-state index contributed by atoms with van der Waals surface area (Å²) in [6.45, 7) is 7.02. The molecule has 1 aromatic carbocycles. The van der Waals surface area contributed by atoms with Crippen LogP contribution >= 0.6 is 11.6 Å². The number of rotatable bonds is 18. The van der Waals surface area contributed by atoms with Gasteiger partial charge in [-0.2, -0.15) is 5.10 Å². The Morgan fingerprint density at radius 2 is 1.75 bits per heavy atom. The second kappa shape index (κ2) is 20.5. The maximum atomic E-state index is 13.2. The Bertz CT molecular complexity index is 2320. The van der Waals surface area contributed by atoms with Crippen molar-refractivity contribution in [2.75, 3.05) is 94.4 Å². The number of pyridine rings is 1. The number of fused-ring (bicyclic) bond motifs is 2. The maximum Gasteiger partial charge on any atom is 0.323 e. The summed E-state index contributed by atoms with van der Waals surface area (Å²) < 4.78 is 24.7. The quantitative estimate of drug-likeness (QED) is 0.0834. The van der Waals surface area contributed by atoms with Crippen LogP contribution in [-0.4, -0.2) is 144 Å². The molecule has 4 N–H and O–H groups in total. The minimum atomic E-state index is -0.625. The fourth-order valence-electron chi connectivity index (χ4n) is 8.09. The van der Waals surface area contributed by atoms with Crippen molar-refractivity contribution in [3.63, 3.8) is 0 Å². The van der Waals surface area contributed by atoms with Crippen LogP contribution in [0.3, 0.4) is 0 Å². The van der Waals surface area contributed by atoms with Gasteiger partial charge in [0.2, 0.25) is 23.6 Å². The number of piperidine rings is 1. The van der Waals surface area contributed by atoms with Gasteiger partial charge >= 0.3 is 6.03 Å². The molecule has 0 bridgehead atoms. The van der Waals surface area contributed by atoms with Crippen LogP contribution in [0.1, 0.15) is 59.8 Å². The fraction of sp³-hybridized carbons (Fsp3) is 0.476. The summed E-state index contributed by atoms with van der Waals surface area (Å²) in [6, 6.07) is 7.96. The number of ether oxygens (including phenoxy) is 4. The van der Waals surface area contributed by atoms with Crippen LogP contribution in [-0.2, 0) is 35.1 Å². The first kappa shape index (κ1) is 43.7. The third-order valence-corrected chi connectivity index (χ3v) is 11.5. The largest absolute Gasteiger partial charge is 0.474 e. The molecule has 334 valence electrons. The number of imide groups is 1. The number of nitrogens with zero attached hydrogens (tertiary/aromatic N) is 7. The van der Waals surface area contributed by atoms with Gasteiger partial charge in [-0.25, -0.2) is 19.3 Å². The Morgan fingerprint density at radius 1 is 0.921 bits per heavy atom. The summed E-state index contributed by atoms with van der Waals surface area (Å²) in [4.78, 5) is 77.4. The number of urea groups is 1. The molecule has 0 saturated carbocycles. The second-order valence-electron chi connectivity index (χ2n) is 15.5. The van der Waals surface area contributed by atoms with Crippen molar-refractivity contribution in [1.29, 1.82) is 0 Å². The van der Waals surface area contributed by atoms with Gasteiger partial charge < -0.3 is 44.7 Å². The van der Waals surface area contributed by atoms with E-state index in [4.69, 9.17) is 30.5 Å². The summed E-state index contributed by atoms with van der Waals surface area (Å²) in [5.74, 6) is -0.947. The Hall–Kier alpha value is -5.93. The Balaban J connectivity index is 0.672. The molecule has 0 aliphatic carbocycles. The summed E-state index contributed by atoms with van der Waals surface area (Å²) >= 11 is 6.19. The number of benzene rings is 1. The number of nitrogens with one attached hydrogen (secondary N) is 4. The molecule has 6 amide bonds. The number of piperazine rings is 1. The Kier molecular flexibility index (Phi) is 14.2. The Labute approximate surface area is 367 Å². The van der Waals surface area contributed by atoms with E-state index in [0.29, 0.717) is 67.0 Å². The monoisotopic (exact) mass is 887 g/mol. The number of hydrogen-bond donors (Lipinski definition) is 4. The van der Waals surface area contributed by atoms with E-state index in [0.717, 1.165) is 56.8 Å². The molecule has 7 heterocycles. The topological polar surface area (TPSA) is 223 Å². The molecule has 2 unspecified atom stereocenters. The van der Waals surface area contributed by atoms with Gasteiger partial charge in [-0.15, -0.1) is 0 Å². The minimum Gasteiger partial charge on any atom is -0.474 e. The smallest absolute Gasteiger partial charge is 0.323 e. The highest BCUT2D eigenvalue weighted by Gasteiger charge is 2.39. The third kappa shape index (κ3) is 10.8. The van der Waals surface area contributed by atoms with E-state index in [1.165, 1.54) is 12.3 Å². The number of anilines is 3. The normalized spacial score (nSPS) is 19.0. The highest BCUT2D eigenvalue weighted by Crippen LogP contribution is 2.34. The van der Waals surface area contributed by atoms with Gasteiger partial charge in [0.1, 0.15) is 24.4 Å². The predicted octanol–water partition coefficient (Wildman–Crippen LogP) is 2.77. The molecule has 63 heavy (non-hydrogen) atoms. The molecule has 3 fully saturated rings. The molecule has 3 aromatic heterocycles. The van der Waals surface area contributed by atoms with E-state index in [2.05, 4.69) is 46.1 Å². The van der Waals surface area contributed by atoms with Crippen LogP contribution in [0.25, 0.3) is 5.65 Å². The lowest BCUT2D eigenvalue weighted by molar-refractivity contribution is -0.137. The lowest BCUT2D eigenvalue weighted by atomic mass is 10.0. The zero-order chi connectivity index (χ0) is 43.7. The lowest BCUT2D eigenvalue weighted by Crippen LogP contribution is -2.52. The molecule has 0 radical (unpaired) electrons. The standard InChI is InChI=1S/C42H50ClN11O9/c43-28-23-31(48-42(59)49-32-25-45-35-7-9-47-54(35)38(32)34-2-1-16-62-34)40(46-24-28)63-18-10-44-36(55)8-17-60-20-21-61-19-15-51-11-13-52(14-12-51)29-3-4-30-27(22-29)26-53(41(30)58)33-5-6-37(56)50-39(33)57/h3-4,7,9,22-25,33-34H,1-2,5-6,8,10-21,26H2,(H,44,55)(H2,48,49,59)(H,50,56,57). The molecule has 0 spiro atoms. The highest BCUT2D eigenvalue weighted by atomic mass is 35.5. The number of carbonyl (C=O) groups excluding carboxylic acids is 5. The van der Waals surface area contributed by atoms with Crippen molar-refractivity contribution in [3.8, 4) is 5.88 Å². The van der Waals surface area contributed by atoms with Crippen molar-refractivity contribution in [3.05, 3.63) is 70.8 Å². The molecule has 2 atom stereocenters. The van der Waals surface area contributed by atoms with Crippen molar-refractivity contribution < 1.29 is 42.9 Å². The summed E-state index contributed by atoms with van der Waals surface area (Å²) in [6.07, 6.45) is 6.80. The summed E-state index contributed by atoms with van der Waals surface area (Å²) in [5.41, 5.74) is 4.59. The number of hydrogen-bond acceptors (Lipinski definition) is 14. The van der Waals surface area contributed by atoms with Gasteiger partial charge in [0.05, 0.1) is 61.8 Å². The number of halogens is 1. The van der Waals surface area contributed by atoms with Gasteiger partial charge in [0, 0.05) is 82.2 Å².